The Morgan fingerprint density at radius 2 is 1.60 bits per heavy atom. The molecule has 0 radical (unpaired) electrons. The molecule has 4 rings (SSSR count). The second-order valence-electron chi connectivity index (χ2n) is 8.86. The van der Waals surface area contributed by atoms with Gasteiger partial charge in [0.2, 0.25) is 0 Å². The Morgan fingerprint density at radius 3 is 2.37 bits per heavy atom. The number of rotatable bonds is 8. The predicted molar refractivity (Wildman–Crippen MR) is 143 cm³/mol. The molecule has 1 aliphatic heterocycles. The van der Waals surface area contributed by atoms with Gasteiger partial charge in [0, 0.05) is 36.7 Å². The lowest BCUT2D eigenvalue weighted by Gasteiger charge is -2.30. The van der Waals surface area contributed by atoms with Gasteiger partial charge in [-0.3, -0.25) is 4.79 Å². The van der Waals surface area contributed by atoms with Crippen molar-refractivity contribution in [2.75, 3.05) is 35.2 Å². The minimum atomic E-state index is -0.327. The SMILES string of the molecule is CCc1ccccc1NC(=O)Nc1ccc(N2CCCCC2)c(C(=O)NCCc2ccccc2)c1. The van der Waals surface area contributed by atoms with Crippen LogP contribution in [0.15, 0.2) is 72.8 Å². The molecule has 3 aromatic rings. The van der Waals surface area contributed by atoms with Crippen LogP contribution < -0.4 is 20.9 Å². The molecule has 0 aromatic heterocycles. The predicted octanol–water partition coefficient (Wildman–Crippen LogP) is 5.86. The van der Waals surface area contributed by atoms with E-state index < -0.39 is 0 Å². The standard InChI is InChI=1S/C29H34N4O2/c1-2-23-13-7-8-14-26(23)32-29(35)31-24-15-16-27(33-19-9-4-10-20-33)25(21-24)28(34)30-18-17-22-11-5-3-6-12-22/h3,5-8,11-16,21H,2,4,9-10,17-20H2,1H3,(H,30,34)(H2,31,32,35). The number of aryl methyl sites for hydroxylation is 1. The number of amides is 3. The lowest BCUT2D eigenvalue weighted by molar-refractivity contribution is 0.0954. The van der Waals surface area contributed by atoms with E-state index in [4.69, 9.17) is 0 Å². The summed E-state index contributed by atoms with van der Waals surface area (Å²) >= 11 is 0. The van der Waals surface area contributed by atoms with E-state index in [0.717, 1.165) is 55.7 Å². The molecule has 0 saturated carbocycles. The monoisotopic (exact) mass is 470 g/mol. The van der Waals surface area contributed by atoms with Crippen LogP contribution in [0.2, 0.25) is 0 Å². The van der Waals surface area contributed by atoms with Crippen molar-refractivity contribution < 1.29 is 9.59 Å². The van der Waals surface area contributed by atoms with Crippen LogP contribution in [-0.2, 0) is 12.8 Å². The molecule has 182 valence electrons. The molecule has 3 amide bonds. The largest absolute Gasteiger partial charge is 0.371 e. The highest BCUT2D eigenvalue weighted by molar-refractivity contribution is 6.04. The average Bonchev–Trinajstić information content (AvgIpc) is 2.90. The number of carbonyl (C=O) groups is 2. The summed E-state index contributed by atoms with van der Waals surface area (Å²) < 4.78 is 0. The van der Waals surface area contributed by atoms with Gasteiger partial charge in [0.05, 0.1) is 5.56 Å². The summed E-state index contributed by atoms with van der Waals surface area (Å²) in [5.41, 5.74) is 5.14. The summed E-state index contributed by atoms with van der Waals surface area (Å²) in [6.45, 7) is 4.48. The molecular formula is C29H34N4O2. The van der Waals surface area contributed by atoms with E-state index in [-0.39, 0.29) is 11.9 Å². The summed E-state index contributed by atoms with van der Waals surface area (Å²) in [6, 6.07) is 23.2. The van der Waals surface area contributed by atoms with E-state index in [2.05, 4.69) is 39.9 Å². The number of urea groups is 1. The third-order valence-corrected chi connectivity index (χ3v) is 6.38. The molecule has 3 N–H and O–H groups in total. The molecule has 1 saturated heterocycles. The summed E-state index contributed by atoms with van der Waals surface area (Å²) in [5, 5.41) is 8.90. The van der Waals surface area contributed by atoms with Crippen LogP contribution in [0.3, 0.4) is 0 Å². The van der Waals surface area contributed by atoms with Gasteiger partial charge in [-0.25, -0.2) is 4.79 Å². The van der Waals surface area contributed by atoms with Crippen LogP contribution in [0.1, 0.15) is 47.7 Å². The number of para-hydroxylation sites is 1. The van der Waals surface area contributed by atoms with Gasteiger partial charge in [-0.1, -0.05) is 55.5 Å². The molecule has 0 aliphatic carbocycles. The summed E-state index contributed by atoms with van der Waals surface area (Å²) in [5.74, 6) is -0.123. The highest BCUT2D eigenvalue weighted by Gasteiger charge is 2.20. The van der Waals surface area contributed by atoms with Crippen molar-refractivity contribution >= 4 is 29.0 Å². The molecule has 35 heavy (non-hydrogen) atoms. The summed E-state index contributed by atoms with van der Waals surface area (Å²) in [6.07, 6.45) is 5.05. The van der Waals surface area contributed by atoms with Crippen molar-refractivity contribution in [3.8, 4) is 0 Å². The van der Waals surface area contributed by atoms with Crippen LogP contribution in [0.25, 0.3) is 0 Å². The Labute approximate surface area is 207 Å². The van der Waals surface area contributed by atoms with Crippen molar-refractivity contribution in [1.29, 1.82) is 0 Å². The van der Waals surface area contributed by atoms with Gasteiger partial charge < -0.3 is 20.9 Å². The number of carbonyl (C=O) groups excluding carboxylic acids is 2. The maximum atomic E-state index is 13.2. The van der Waals surface area contributed by atoms with Crippen LogP contribution >= 0.6 is 0 Å². The minimum Gasteiger partial charge on any atom is -0.371 e. The van der Waals surface area contributed by atoms with Crippen LogP contribution in [0.5, 0.6) is 0 Å². The van der Waals surface area contributed by atoms with Gasteiger partial charge in [-0.05, 0) is 67.5 Å². The Morgan fingerprint density at radius 1 is 0.857 bits per heavy atom. The maximum absolute atomic E-state index is 13.2. The van der Waals surface area contributed by atoms with Crippen molar-refractivity contribution in [2.45, 2.75) is 39.0 Å². The van der Waals surface area contributed by atoms with Crippen molar-refractivity contribution in [1.82, 2.24) is 5.32 Å². The minimum absolute atomic E-state index is 0.123. The number of nitrogens with one attached hydrogen (secondary N) is 3. The second-order valence-corrected chi connectivity index (χ2v) is 8.86. The van der Waals surface area contributed by atoms with Gasteiger partial charge in [0.15, 0.2) is 0 Å². The molecule has 0 atom stereocenters. The topological polar surface area (TPSA) is 73.5 Å². The lowest BCUT2D eigenvalue weighted by Crippen LogP contribution is -2.33. The van der Waals surface area contributed by atoms with E-state index in [9.17, 15) is 9.59 Å². The molecule has 6 nitrogen and oxygen atoms in total. The molecule has 0 bridgehead atoms. The molecule has 3 aromatic carbocycles. The van der Waals surface area contributed by atoms with Crippen molar-refractivity contribution in [3.63, 3.8) is 0 Å². The quantitative estimate of drug-likeness (QED) is 0.386. The van der Waals surface area contributed by atoms with Gasteiger partial charge >= 0.3 is 6.03 Å². The molecule has 1 fully saturated rings. The Kier molecular flexibility index (Phi) is 8.39. The molecule has 6 heteroatoms. The average molecular weight is 471 g/mol. The second kappa shape index (κ2) is 12.1. The highest BCUT2D eigenvalue weighted by Crippen LogP contribution is 2.27. The maximum Gasteiger partial charge on any atom is 0.323 e. The number of piperidine rings is 1. The van der Waals surface area contributed by atoms with Gasteiger partial charge in [-0.15, -0.1) is 0 Å². The van der Waals surface area contributed by atoms with Crippen LogP contribution in [0, 0.1) is 0 Å². The lowest BCUT2D eigenvalue weighted by atomic mass is 10.1. The number of hydrogen-bond donors (Lipinski definition) is 3. The summed E-state index contributed by atoms with van der Waals surface area (Å²) in [4.78, 5) is 28.2. The van der Waals surface area contributed by atoms with E-state index >= 15 is 0 Å². The molecule has 0 spiro atoms. The Hall–Kier alpha value is -3.80. The highest BCUT2D eigenvalue weighted by atomic mass is 16.2. The fourth-order valence-corrected chi connectivity index (χ4v) is 4.50. The third-order valence-electron chi connectivity index (χ3n) is 6.38. The van der Waals surface area contributed by atoms with E-state index in [1.54, 1.807) is 6.07 Å². The number of nitrogens with zero attached hydrogens (tertiary/aromatic N) is 1. The first kappa shape index (κ1) is 24.3. The first-order chi connectivity index (χ1) is 17.1. The van der Waals surface area contributed by atoms with Crippen LogP contribution in [-0.4, -0.2) is 31.6 Å². The van der Waals surface area contributed by atoms with Gasteiger partial charge in [0.25, 0.3) is 5.91 Å². The fourth-order valence-electron chi connectivity index (χ4n) is 4.50. The van der Waals surface area contributed by atoms with E-state index in [1.165, 1.54) is 12.0 Å². The van der Waals surface area contributed by atoms with Crippen LogP contribution in [0.4, 0.5) is 21.9 Å². The number of anilines is 3. The van der Waals surface area contributed by atoms with Crippen molar-refractivity contribution in [2.24, 2.45) is 0 Å². The van der Waals surface area contributed by atoms with Crippen molar-refractivity contribution in [3.05, 3.63) is 89.5 Å². The Bertz CT molecular complexity index is 1140. The molecule has 1 heterocycles. The molecule has 1 aliphatic rings. The zero-order chi connectivity index (χ0) is 24.5. The van der Waals surface area contributed by atoms with E-state index in [1.807, 2.05) is 54.6 Å². The smallest absolute Gasteiger partial charge is 0.323 e. The molecular weight excluding hydrogens is 436 g/mol. The van der Waals surface area contributed by atoms with Gasteiger partial charge in [0.1, 0.15) is 0 Å². The Balaban J connectivity index is 1.48. The fraction of sp³-hybridized carbons (Fsp3) is 0.310. The zero-order valence-corrected chi connectivity index (χ0v) is 20.3. The number of hydrogen-bond acceptors (Lipinski definition) is 3. The van der Waals surface area contributed by atoms with Gasteiger partial charge in [-0.2, -0.15) is 0 Å². The number of benzene rings is 3. The first-order valence-corrected chi connectivity index (χ1v) is 12.5. The first-order valence-electron chi connectivity index (χ1n) is 12.5. The van der Waals surface area contributed by atoms with E-state index in [0.29, 0.717) is 17.8 Å². The molecule has 0 unspecified atom stereocenters. The third kappa shape index (κ3) is 6.63. The zero-order valence-electron chi connectivity index (χ0n) is 20.3. The normalized spacial score (nSPS) is 13.2. The summed E-state index contributed by atoms with van der Waals surface area (Å²) in [7, 11) is 0.